The summed E-state index contributed by atoms with van der Waals surface area (Å²) in [5.41, 5.74) is -2.82. The molecule has 0 aliphatic heterocycles. The standard InChI is InChI=1S/C43H49NO9/c1-40(2,50)36(46)28-18-14-26(15-19-28)34(30-10-8-12-32(22-30)37(47)41(3,4)51)24-44-35(31-11-9-13-33(23-31)38(48)42(5,6)52)27-16-20-29(21-17-27)39(49)43(7,53)25-45/h8-23,34-35,44-45,50-53H,24-25H2,1-7H3. The van der Waals surface area contributed by atoms with E-state index in [1.54, 1.807) is 84.9 Å². The number of benzene rings is 4. The summed E-state index contributed by atoms with van der Waals surface area (Å²) in [7, 11) is 0. The highest BCUT2D eigenvalue weighted by molar-refractivity contribution is 6.03. The fraction of sp³-hybridized carbons (Fsp3) is 0.349. The maximum Gasteiger partial charge on any atom is 0.196 e. The molecule has 0 aromatic heterocycles. The third-order valence-corrected chi connectivity index (χ3v) is 9.10. The van der Waals surface area contributed by atoms with Gasteiger partial charge in [0.25, 0.3) is 0 Å². The Morgan fingerprint density at radius 2 is 0.906 bits per heavy atom. The maximum absolute atomic E-state index is 13.1. The van der Waals surface area contributed by atoms with Crippen molar-refractivity contribution in [1.29, 1.82) is 0 Å². The molecule has 0 heterocycles. The van der Waals surface area contributed by atoms with Crippen molar-refractivity contribution in [3.05, 3.63) is 142 Å². The van der Waals surface area contributed by atoms with Crippen LogP contribution in [0.15, 0.2) is 97.1 Å². The Balaban J connectivity index is 1.83. The number of aliphatic hydroxyl groups excluding tert-OH is 1. The molecular weight excluding hydrogens is 674 g/mol. The van der Waals surface area contributed by atoms with E-state index in [-0.39, 0.29) is 17.7 Å². The van der Waals surface area contributed by atoms with Crippen molar-refractivity contribution in [1.82, 2.24) is 5.32 Å². The van der Waals surface area contributed by atoms with Crippen LogP contribution in [0.2, 0.25) is 0 Å². The largest absolute Gasteiger partial charge is 0.393 e. The molecule has 0 aliphatic rings. The van der Waals surface area contributed by atoms with Gasteiger partial charge < -0.3 is 30.8 Å². The number of rotatable bonds is 16. The van der Waals surface area contributed by atoms with Gasteiger partial charge in [-0.25, -0.2) is 0 Å². The Bertz CT molecular complexity index is 1960. The van der Waals surface area contributed by atoms with Crippen molar-refractivity contribution >= 4 is 23.1 Å². The quantitative estimate of drug-likeness (QED) is 0.0863. The summed E-state index contributed by atoms with van der Waals surface area (Å²) in [4.78, 5) is 51.9. The molecule has 6 N–H and O–H groups in total. The molecule has 53 heavy (non-hydrogen) atoms. The summed E-state index contributed by atoms with van der Waals surface area (Å²) in [6, 6.07) is 26.5. The molecule has 0 fully saturated rings. The summed E-state index contributed by atoms with van der Waals surface area (Å²) in [6.07, 6.45) is 0. The molecule has 10 nitrogen and oxygen atoms in total. The van der Waals surface area contributed by atoms with Crippen molar-refractivity contribution < 1.29 is 44.7 Å². The molecule has 0 saturated carbocycles. The van der Waals surface area contributed by atoms with E-state index in [0.29, 0.717) is 22.3 Å². The average Bonchev–Trinajstić information content (AvgIpc) is 3.11. The number of Topliss-reactive ketones (excluding diaryl/α,β-unsaturated/α-hetero) is 4. The maximum atomic E-state index is 13.1. The van der Waals surface area contributed by atoms with Gasteiger partial charge in [0.2, 0.25) is 0 Å². The first kappa shape index (κ1) is 41.1. The van der Waals surface area contributed by atoms with E-state index >= 15 is 0 Å². The van der Waals surface area contributed by atoms with Crippen LogP contribution in [0.3, 0.4) is 0 Å². The Labute approximate surface area is 310 Å². The van der Waals surface area contributed by atoms with E-state index in [4.69, 9.17) is 0 Å². The van der Waals surface area contributed by atoms with Crippen LogP contribution in [-0.4, -0.2) is 84.2 Å². The second-order valence-electron chi connectivity index (χ2n) is 15.3. The third kappa shape index (κ3) is 9.85. The number of aliphatic hydroxyl groups is 5. The van der Waals surface area contributed by atoms with Crippen molar-refractivity contribution in [2.75, 3.05) is 13.2 Å². The van der Waals surface area contributed by atoms with Gasteiger partial charge in [0.1, 0.15) is 22.4 Å². The summed E-state index contributed by atoms with van der Waals surface area (Å²) in [5.74, 6) is -2.46. The Morgan fingerprint density at radius 3 is 1.36 bits per heavy atom. The van der Waals surface area contributed by atoms with Gasteiger partial charge in [0.05, 0.1) is 12.6 Å². The van der Waals surface area contributed by atoms with Gasteiger partial charge in [0, 0.05) is 34.7 Å². The molecule has 0 saturated heterocycles. The summed E-state index contributed by atoms with van der Waals surface area (Å²) in [5, 5.41) is 54.8. The minimum absolute atomic E-state index is 0.185. The van der Waals surface area contributed by atoms with Crippen LogP contribution in [-0.2, 0) is 0 Å². The highest BCUT2D eigenvalue weighted by atomic mass is 16.3. The molecule has 4 aromatic carbocycles. The van der Waals surface area contributed by atoms with Gasteiger partial charge in [-0.05, 0) is 82.9 Å². The van der Waals surface area contributed by atoms with Gasteiger partial charge in [-0.1, -0.05) is 84.9 Å². The molecule has 0 amide bonds. The smallest absolute Gasteiger partial charge is 0.196 e. The van der Waals surface area contributed by atoms with Gasteiger partial charge in [-0.3, -0.25) is 19.2 Å². The second kappa shape index (κ2) is 15.7. The SMILES string of the molecule is CC(C)(O)C(=O)c1ccc(C(CNC(c2ccc(C(=O)C(C)(O)CO)cc2)c2cccc(C(=O)C(C)(C)O)c2)c2cccc(C(=O)C(C)(C)O)c2)cc1. The van der Waals surface area contributed by atoms with Crippen molar-refractivity contribution in [3.8, 4) is 0 Å². The molecule has 0 bridgehead atoms. The minimum atomic E-state index is -1.97. The van der Waals surface area contributed by atoms with Crippen molar-refractivity contribution in [2.45, 2.75) is 82.8 Å². The molecule has 0 spiro atoms. The van der Waals surface area contributed by atoms with E-state index in [1.807, 2.05) is 12.1 Å². The molecule has 4 aromatic rings. The lowest BCUT2D eigenvalue weighted by molar-refractivity contribution is 0.00991. The van der Waals surface area contributed by atoms with E-state index in [9.17, 15) is 44.7 Å². The Kier molecular flexibility index (Phi) is 12.2. The summed E-state index contributed by atoms with van der Waals surface area (Å²) >= 11 is 0. The molecule has 280 valence electrons. The van der Waals surface area contributed by atoms with Crippen LogP contribution in [0, 0.1) is 0 Å². The van der Waals surface area contributed by atoms with E-state index < -0.39 is 64.1 Å². The molecule has 3 unspecified atom stereocenters. The predicted molar refractivity (Wildman–Crippen MR) is 201 cm³/mol. The van der Waals surface area contributed by atoms with Crippen LogP contribution in [0.4, 0.5) is 0 Å². The van der Waals surface area contributed by atoms with Gasteiger partial charge in [-0.2, -0.15) is 0 Å². The van der Waals surface area contributed by atoms with E-state index in [2.05, 4.69) is 5.32 Å². The number of hydrogen-bond donors (Lipinski definition) is 6. The zero-order chi connectivity index (χ0) is 39.5. The number of ketones is 4. The van der Waals surface area contributed by atoms with Gasteiger partial charge in [0.15, 0.2) is 23.1 Å². The fourth-order valence-corrected chi connectivity index (χ4v) is 5.98. The molecule has 3 atom stereocenters. The first-order valence-corrected chi connectivity index (χ1v) is 17.4. The van der Waals surface area contributed by atoms with E-state index in [0.717, 1.165) is 11.1 Å². The lowest BCUT2D eigenvalue weighted by Gasteiger charge is -2.26. The van der Waals surface area contributed by atoms with Gasteiger partial charge >= 0.3 is 0 Å². The van der Waals surface area contributed by atoms with E-state index in [1.165, 1.54) is 48.5 Å². The van der Waals surface area contributed by atoms with Crippen LogP contribution in [0.1, 0.15) is 124 Å². The van der Waals surface area contributed by atoms with Crippen molar-refractivity contribution in [3.63, 3.8) is 0 Å². The summed E-state index contributed by atoms with van der Waals surface area (Å²) in [6.45, 7) is 9.23. The number of carbonyl (C=O) groups is 4. The first-order chi connectivity index (χ1) is 24.5. The monoisotopic (exact) mass is 723 g/mol. The van der Waals surface area contributed by atoms with Crippen LogP contribution in [0.5, 0.6) is 0 Å². The van der Waals surface area contributed by atoms with Crippen LogP contribution >= 0.6 is 0 Å². The Morgan fingerprint density at radius 1 is 0.509 bits per heavy atom. The molecule has 0 radical (unpaired) electrons. The fourth-order valence-electron chi connectivity index (χ4n) is 5.98. The highest BCUT2D eigenvalue weighted by Crippen LogP contribution is 2.31. The van der Waals surface area contributed by atoms with Crippen LogP contribution < -0.4 is 5.32 Å². The number of nitrogens with one attached hydrogen (secondary N) is 1. The number of carbonyl (C=O) groups excluding carboxylic acids is 4. The highest BCUT2D eigenvalue weighted by Gasteiger charge is 2.32. The molecule has 0 aliphatic carbocycles. The molecular formula is C43H49NO9. The van der Waals surface area contributed by atoms with Crippen molar-refractivity contribution in [2.24, 2.45) is 0 Å². The zero-order valence-corrected chi connectivity index (χ0v) is 31.2. The first-order valence-electron chi connectivity index (χ1n) is 17.4. The van der Waals surface area contributed by atoms with Gasteiger partial charge in [-0.15, -0.1) is 0 Å². The lowest BCUT2D eigenvalue weighted by atomic mass is 9.86. The minimum Gasteiger partial charge on any atom is -0.393 e. The second-order valence-corrected chi connectivity index (χ2v) is 15.3. The van der Waals surface area contributed by atoms with Crippen LogP contribution in [0.25, 0.3) is 0 Å². The third-order valence-electron chi connectivity index (χ3n) is 9.10. The predicted octanol–water partition coefficient (Wildman–Crippen LogP) is 4.98. The molecule has 4 rings (SSSR count). The average molecular weight is 724 g/mol. The Hall–Kier alpha value is -4.68. The lowest BCUT2D eigenvalue weighted by Crippen LogP contribution is -2.39. The zero-order valence-electron chi connectivity index (χ0n) is 31.2. The molecule has 10 heteroatoms. The topological polar surface area (TPSA) is 181 Å². The summed E-state index contributed by atoms with van der Waals surface area (Å²) < 4.78 is 0. The number of hydrogen-bond acceptors (Lipinski definition) is 10. The normalized spacial score (nSPS) is 14.6.